The Morgan fingerprint density at radius 3 is 2.72 bits per heavy atom. The first-order chi connectivity index (χ1) is 8.42. The SMILES string of the molecule is CNCc1cc(S(=O)(=O)NC2CC(C)C2)c(Br)s1. The topological polar surface area (TPSA) is 58.2 Å². The fraction of sp³-hybridized carbons (Fsp3) is 0.636. The Morgan fingerprint density at radius 2 is 2.17 bits per heavy atom. The third-order valence-electron chi connectivity index (χ3n) is 3.04. The Bertz CT molecular complexity index is 521. The van der Waals surface area contributed by atoms with Gasteiger partial charge in [0, 0.05) is 17.5 Å². The quantitative estimate of drug-likeness (QED) is 0.854. The molecule has 1 heterocycles. The largest absolute Gasteiger partial charge is 0.315 e. The van der Waals surface area contributed by atoms with E-state index in [-0.39, 0.29) is 6.04 Å². The predicted octanol–water partition coefficient (Wildman–Crippen LogP) is 2.31. The van der Waals surface area contributed by atoms with E-state index in [2.05, 4.69) is 32.9 Å². The molecule has 7 heteroatoms. The van der Waals surface area contributed by atoms with Crippen LogP contribution in [-0.4, -0.2) is 21.5 Å². The second kappa shape index (κ2) is 5.58. The molecular formula is C11H17BrN2O2S2. The molecule has 0 unspecified atom stereocenters. The normalized spacial score (nSPS) is 23.9. The lowest BCUT2D eigenvalue weighted by Crippen LogP contribution is -2.43. The van der Waals surface area contributed by atoms with Gasteiger partial charge in [0.15, 0.2) is 0 Å². The van der Waals surface area contributed by atoms with Gasteiger partial charge in [0.05, 0.1) is 3.79 Å². The molecule has 102 valence electrons. The monoisotopic (exact) mass is 352 g/mol. The van der Waals surface area contributed by atoms with Crippen LogP contribution in [0.4, 0.5) is 0 Å². The van der Waals surface area contributed by atoms with E-state index in [9.17, 15) is 8.42 Å². The van der Waals surface area contributed by atoms with Crippen LogP contribution in [0, 0.1) is 5.92 Å². The molecule has 1 aliphatic rings. The molecule has 1 fully saturated rings. The second-order valence-electron chi connectivity index (χ2n) is 4.78. The van der Waals surface area contributed by atoms with Crippen LogP contribution in [0.1, 0.15) is 24.6 Å². The van der Waals surface area contributed by atoms with Crippen molar-refractivity contribution in [2.75, 3.05) is 7.05 Å². The summed E-state index contributed by atoms with van der Waals surface area (Å²) in [4.78, 5) is 1.36. The van der Waals surface area contributed by atoms with Crippen LogP contribution in [0.25, 0.3) is 0 Å². The van der Waals surface area contributed by atoms with Gasteiger partial charge < -0.3 is 5.32 Å². The highest BCUT2D eigenvalue weighted by Gasteiger charge is 2.31. The maximum atomic E-state index is 12.2. The van der Waals surface area contributed by atoms with Gasteiger partial charge >= 0.3 is 0 Å². The highest BCUT2D eigenvalue weighted by atomic mass is 79.9. The third-order valence-corrected chi connectivity index (χ3v) is 6.82. The van der Waals surface area contributed by atoms with E-state index in [1.807, 2.05) is 7.05 Å². The maximum absolute atomic E-state index is 12.2. The molecule has 1 aromatic rings. The lowest BCUT2D eigenvalue weighted by Gasteiger charge is -2.32. The van der Waals surface area contributed by atoms with Crippen molar-refractivity contribution in [1.29, 1.82) is 0 Å². The first-order valence-electron chi connectivity index (χ1n) is 5.87. The first kappa shape index (κ1) is 14.5. The van der Waals surface area contributed by atoms with Crippen LogP contribution in [0.5, 0.6) is 0 Å². The van der Waals surface area contributed by atoms with Gasteiger partial charge in [-0.05, 0) is 47.8 Å². The fourth-order valence-corrected chi connectivity index (χ4v) is 6.08. The van der Waals surface area contributed by atoms with Crippen LogP contribution >= 0.6 is 27.3 Å². The minimum absolute atomic E-state index is 0.101. The number of halogens is 1. The van der Waals surface area contributed by atoms with E-state index in [4.69, 9.17) is 0 Å². The molecular weight excluding hydrogens is 336 g/mol. The van der Waals surface area contributed by atoms with Crippen LogP contribution < -0.4 is 10.0 Å². The number of thiophene rings is 1. The number of nitrogens with one attached hydrogen (secondary N) is 2. The van der Waals surface area contributed by atoms with Crippen molar-refractivity contribution >= 4 is 37.3 Å². The van der Waals surface area contributed by atoms with E-state index in [1.54, 1.807) is 6.07 Å². The Kier molecular flexibility index (Phi) is 4.48. The summed E-state index contributed by atoms with van der Waals surface area (Å²) in [6.45, 7) is 2.82. The maximum Gasteiger partial charge on any atom is 0.242 e. The Labute approximate surface area is 120 Å². The van der Waals surface area contributed by atoms with Gasteiger partial charge in [-0.1, -0.05) is 6.92 Å². The molecule has 0 aromatic carbocycles. The lowest BCUT2D eigenvalue weighted by molar-refractivity contribution is 0.270. The fourth-order valence-electron chi connectivity index (χ4n) is 2.12. The number of hydrogen-bond donors (Lipinski definition) is 2. The predicted molar refractivity (Wildman–Crippen MR) is 77.3 cm³/mol. The molecule has 0 amide bonds. The molecule has 0 spiro atoms. The molecule has 0 radical (unpaired) electrons. The Balaban J connectivity index is 2.13. The van der Waals surface area contributed by atoms with Crippen molar-refractivity contribution in [3.63, 3.8) is 0 Å². The van der Waals surface area contributed by atoms with Crippen molar-refractivity contribution in [2.45, 2.75) is 37.2 Å². The highest BCUT2D eigenvalue weighted by molar-refractivity contribution is 9.11. The van der Waals surface area contributed by atoms with E-state index in [0.29, 0.717) is 21.1 Å². The third kappa shape index (κ3) is 3.14. The van der Waals surface area contributed by atoms with Crippen molar-refractivity contribution < 1.29 is 8.42 Å². The summed E-state index contributed by atoms with van der Waals surface area (Å²) in [5, 5.41) is 3.02. The molecule has 18 heavy (non-hydrogen) atoms. The summed E-state index contributed by atoms with van der Waals surface area (Å²) in [7, 11) is -1.54. The second-order valence-corrected chi connectivity index (χ2v) is 8.91. The van der Waals surface area contributed by atoms with Crippen LogP contribution in [0.3, 0.4) is 0 Å². The molecule has 2 rings (SSSR count). The number of sulfonamides is 1. The van der Waals surface area contributed by atoms with Crippen LogP contribution in [-0.2, 0) is 16.6 Å². The van der Waals surface area contributed by atoms with Gasteiger partial charge in [0.2, 0.25) is 10.0 Å². The molecule has 1 saturated carbocycles. The van der Waals surface area contributed by atoms with Gasteiger partial charge in [-0.25, -0.2) is 13.1 Å². The summed E-state index contributed by atoms with van der Waals surface area (Å²) in [6.07, 6.45) is 1.87. The molecule has 1 aromatic heterocycles. The molecule has 2 N–H and O–H groups in total. The molecule has 0 saturated heterocycles. The van der Waals surface area contributed by atoms with Gasteiger partial charge in [-0.2, -0.15) is 0 Å². The molecule has 0 atom stereocenters. The van der Waals surface area contributed by atoms with Crippen LogP contribution in [0.2, 0.25) is 0 Å². The Morgan fingerprint density at radius 1 is 1.50 bits per heavy atom. The molecule has 1 aliphatic carbocycles. The smallest absolute Gasteiger partial charge is 0.242 e. The van der Waals surface area contributed by atoms with E-state index < -0.39 is 10.0 Å². The molecule has 4 nitrogen and oxygen atoms in total. The number of hydrogen-bond acceptors (Lipinski definition) is 4. The highest BCUT2D eigenvalue weighted by Crippen LogP contribution is 2.33. The standard InChI is InChI=1S/C11H17BrN2O2S2/c1-7-3-8(4-7)14-18(15,16)10-5-9(6-13-2)17-11(10)12/h5,7-8,13-14H,3-4,6H2,1-2H3. The minimum Gasteiger partial charge on any atom is -0.315 e. The minimum atomic E-state index is -3.39. The van der Waals surface area contributed by atoms with E-state index in [1.165, 1.54) is 11.3 Å². The van der Waals surface area contributed by atoms with Crippen molar-refractivity contribution in [3.05, 3.63) is 14.7 Å². The summed E-state index contributed by atoms with van der Waals surface area (Å²) >= 11 is 4.79. The van der Waals surface area contributed by atoms with Crippen LogP contribution in [0.15, 0.2) is 14.7 Å². The molecule has 0 bridgehead atoms. The van der Waals surface area contributed by atoms with Gasteiger partial charge in [-0.15, -0.1) is 11.3 Å². The molecule has 0 aliphatic heterocycles. The lowest BCUT2D eigenvalue weighted by atomic mass is 9.83. The summed E-state index contributed by atoms with van der Waals surface area (Å²) in [5.41, 5.74) is 0. The zero-order valence-electron chi connectivity index (χ0n) is 10.4. The average Bonchev–Trinajstić information content (AvgIpc) is 2.58. The number of rotatable bonds is 5. The van der Waals surface area contributed by atoms with Gasteiger partial charge in [0.25, 0.3) is 0 Å². The van der Waals surface area contributed by atoms with E-state index in [0.717, 1.165) is 17.7 Å². The average molecular weight is 353 g/mol. The summed E-state index contributed by atoms with van der Waals surface area (Å²) in [5.74, 6) is 0.628. The summed E-state index contributed by atoms with van der Waals surface area (Å²) in [6, 6.07) is 1.83. The van der Waals surface area contributed by atoms with Crippen molar-refractivity contribution in [2.24, 2.45) is 5.92 Å². The van der Waals surface area contributed by atoms with E-state index >= 15 is 0 Å². The van der Waals surface area contributed by atoms with Crippen molar-refractivity contribution in [3.8, 4) is 0 Å². The van der Waals surface area contributed by atoms with Gasteiger partial charge in [0.1, 0.15) is 4.90 Å². The van der Waals surface area contributed by atoms with Crippen molar-refractivity contribution in [1.82, 2.24) is 10.0 Å². The zero-order chi connectivity index (χ0) is 13.3. The van der Waals surface area contributed by atoms with Gasteiger partial charge in [-0.3, -0.25) is 0 Å². The Hall–Kier alpha value is 0.0500. The zero-order valence-corrected chi connectivity index (χ0v) is 13.6. The first-order valence-corrected chi connectivity index (χ1v) is 8.96. The summed E-state index contributed by atoms with van der Waals surface area (Å²) < 4.78 is 27.9.